The molecule has 0 aromatic heterocycles. The third-order valence-electron chi connectivity index (χ3n) is 3.55. The zero-order valence-corrected chi connectivity index (χ0v) is 12.7. The first-order valence-corrected chi connectivity index (χ1v) is 7.15. The maximum atomic E-state index is 12.3. The summed E-state index contributed by atoms with van der Waals surface area (Å²) in [5, 5.41) is 0.862. The minimum Gasteiger partial charge on any atom is -0.300 e. The molecule has 0 N–H and O–H groups in total. The van der Waals surface area contributed by atoms with Crippen LogP contribution in [0, 0.1) is 6.92 Å². The Balaban J connectivity index is 2.10. The van der Waals surface area contributed by atoms with Crippen LogP contribution < -0.4 is 4.90 Å². The number of rotatable bonds is 2. The summed E-state index contributed by atoms with van der Waals surface area (Å²) in [4.78, 5) is 25.8. The van der Waals surface area contributed by atoms with Crippen LogP contribution in [0.15, 0.2) is 36.4 Å². The minimum atomic E-state index is -0.568. The number of carbonyl (C=O) groups is 2. The summed E-state index contributed by atoms with van der Waals surface area (Å²) < 4.78 is 0. The minimum absolute atomic E-state index is 0.248. The third-order valence-corrected chi connectivity index (χ3v) is 4.24. The summed E-state index contributed by atoms with van der Waals surface area (Å²) in [7, 11) is 0. The largest absolute Gasteiger partial charge is 0.300 e. The number of hydrogen-bond acceptors (Lipinski definition) is 2. The number of Topliss-reactive ketones (excluding diaryl/α,β-unsaturated/α-hetero) is 1. The summed E-state index contributed by atoms with van der Waals surface area (Å²) in [6.45, 7) is 2.10. The molecule has 106 valence electrons. The van der Waals surface area contributed by atoms with Crippen molar-refractivity contribution in [1.82, 2.24) is 0 Å². The van der Waals surface area contributed by atoms with E-state index in [-0.39, 0.29) is 12.1 Å². The molecule has 1 aliphatic rings. The molecule has 2 aromatic carbocycles. The van der Waals surface area contributed by atoms with Crippen LogP contribution in [0.25, 0.3) is 0 Å². The molecule has 2 aromatic rings. The van der Waals surface area contributed by atoms with E-state index in [1.165, 1.54) is 4.90 Å². The predicted molar refractivity (Wildman–Crippen MR) is 83.2 cm³/mol. The number of ketones is 1. The standard InChI is InChI=1S/C16H11Cl2NO2/c1-9-6-7-12(18)13-14(9)19(16(21)15(13)20)8-10-4-2-3-5-11(10)17/h2-7H,8H2,1H3. The summed E-state index contributed by atoms with van der Waals surface area (Å²) in [6, 6.07) is 10.7. The third kappa shape index (κ3) is 2.23. The van der Waals surface area contributed by atoms with E-state index in [0.717, 1.165) is 11.1 Å². The van der Waals surface area contributed by atoms with Crippen LogP contribution in [-0.2, 0) is 11.3 Å². The van der Waals surface area contributed by atoms with Gasteiger partial charge in [-0.05, 0) is 30.2 Å². The van der Waals surface area contributed by atoms with Gasteiger partial charge in [0.15, 0.2) is 0 Å². The van der Waals surface area contributed by atoms with Crippen LogP contribution >= 0.6 is 23.2 Å². The van der Waals surface area contributed by atoms with Crippen molar-refractivity contribution in [3.05, 3.63) is 63.1 Å². The van der Waals surface area contributed by atoms with E-state index in [1.54, 1.807) is 18.2 Å². The normalized spacial score (nSPS) is 13.8. The van der Waals surface area contributed by atoms with Gasteiger partial charge in [-0.2, -0.15) is 0 Å². The first-order chi connectivity index (χ1) is 10.0. The molecule has 5 heteroatoms. The lowest BCUT2D eigenvalue weighted by atomic mass is 10.1. The smallest absolute Gasteiger partial charge is 0.299 e. The van der Waals surface area contributed by atoms with Gasteiger partial charge in [0.25, 0.3) is 11.7 Å². The molecule has 0 spiro atoms. The quantitative estimate of drug-likeness (QED) is 0.784. The molecule has 0 unspecified atom stereocenters. The van der Waals surface area contributed by atoms with Gasteiger partial charge in [0.2, 0.25) is 0 Å². The number of hydrogen-bond donors (Lipinski definition) is 0. The second-order valence-electron chi connectivity index (χ2n) is 4.90. The lowest BCUT2D eigenvalue weighted by Gasteiger charge is -2.19. The van der Waals surface area contributed by atoms with Gasteiger partial charge < -0.3 is 0 Å². The number of aryl methyl sites for hydroxylation is 1. The van der Waals surface area contributed by atoms with Gasteiger partial charge in [-0.25, -0.2) is 0 Å². The molecule has 0 aliphatic carbocycles. The van der Waals surface area contributed by atoms with Crippen LogP contribution in [0.5, 0.6) is 0 Å². The van der Waals surface area contributed by atoms with Crippen molar-refractivity contribution in [1.29, 1.82) is 0 Å². The number of nitrogens with zero attached hydrogens (tertiary/aromatic N) is 1. The van der Waals surface area contributed by atoms with Crippen molar-refractivity contribution < 1.29 is 9.59 Å². The zero-order valence-electron chi connectivity index (χ0n) is 11.2. The SMILES string of the molecule is Cc1ccc(Cl)c2c1N(Cc1ccccc1Cl)C(=O)C2=O. The molecule has 0 saturated heterocycles. The highest BCUT2D eigenvalue weighted by Gasteiger charge is 2.38. The molecule has 1 heterocycles. The summed E-state index contributed by atoms with van der Waals surface area (Å²) >= 11 is 12.2. The Morgan fingerprint density at radius 3 is 2.43 bits per heavy atom. The van der Waals surface area contributed by atoms with E-state index in [4.69, 9.17) is 23.2 Å². The topological polar surface area (TPSA) is 37.4 Å². The Hall–Kier alpha value is -1.84. The second kappa shape index (κ2) is 5.17. The predicted octanol–water partition coefficient (Wildman–Crippen LogP) is 4.03. The van der Waals surface area contributed by atoms with Crippen molar-refractivity contribution in [2.75, 3.05) is 4.90 Å². The first kappa shape index (κ1) is 14.1. The number of amides is 1. The van der Waals surface area contributed by atoms with E-state index in [2.05, 4.69) is 0 Å². The number of carbonyl (C=O) groups excluding carboxylic acids is 2. The van der Waals surface area contributed by atoms with E-state index in [9.17, 15) is 9.59 Å². The second-order valence-corrected chi connectivity index (χ2v) is 5.71. The molecule has 1 aliphatic heterocycles. The average molecular weight is 320 g/mol. The summed E-state index contributed by atoms with van der Waals surface area (Å²) in [5.41, 5.74) is 2.49. The van der Waals surface area contributed by atoms with Gasteiger partial charge in [0.05, 0.1) is 22.8 Å². The Morgan fingerprint density at radius 2 is 1.71 bits per heavy atom. The monoisotopic (exact) mass is 319 g/mol. The first-order valence-electron chi connectivity index (χ1n) is 6.39. The van der Waals surface area contributed by atoms with Gasteiger partial charge in [-0.3, -0.25) is 14.5 Å². The maximum absolute atomic E-state index is 12.3. The number of benzene rings is 2. The Morgan fingerprint density at radius 1 is 1.00 bits per heavy atom. The molecular formula is C16H11Cl2NO2. The van der Waals surface area contributed by atoms with Gasteiger partial charge in [-0.15, -0.1) is 0 Å². The Labute approximate surface area is 132 Å². The molecule has 1 amide bonds. The molecule has 3 rings (SSSR count). The molecule has 0 atom stereocenters. The number of anilines is 1. The van der Waals surface area contributed by atoms with Crippen molar-refractivity contribution in [3.8, 4) is 0 Å². The van der Waals surface area contributed by atoms with E-state index >= 15 is 0 Å². The van der Waals surface area contributed by atoms with Crippen LogP contribution in [0.2, 0.25) is 10.0 Å². The van der Waals surface area contributed by atoms with Gasteiger partial charge in [0.1, 0.15) is 0 Å². The van der Waals surface area contributed by atoms with E-state index in [0.29, 0.717) is 15.7 Å². The Kier molecular flexibility index (Phi) is 3.47. The Bertz CT molecular complexity index is 771. The number of fused-ring (bicyclic) bond motifs is 1. The van der Waals surface area contributed by atoms with Crippen molar-refractivity contribution in [2.45, 2.75) is 13.5 Å². The highest BCUT2D eigenvalue weighted by molar-refractivity contribution is 6.55. The van der Waals surface area contributed by atoms with Gasteiger partial charge in [0, 0.05) is 5.02 Å². The molecule has 0 bridgehead atoms. The van der Waals surface area contributed by atoms with Gasteiger partial charge in [-0.1, -0.05) is 47.5 Å². The average Bonchev–Trinajstić information content (AvgIpc) is 2.71. The zero-order chi connectivity index (χ0) is 15.1. The molecule has 21 heavy (non-hydrogen) atoms. The van der Waals surface area contributed by atoms with Crippen LogP contribution in [0.3, 0.4) is 0 Å². The summed E-state index contributed by atoms with van der Waals surface area (Å²) in [6.07, 6.45) is 0. The lowest BCUT2D eigenvalue weighted by molar-refractivity contribution is -0.114. The van der Waals surface area contributed by atoms with Crippen LogP contribution in [0.1, 0.15) is 21.5 Å². The maximum Gasteiger partial charge on any atom is 0.299 e. The highest BCUT2D eigenvalue weighted by atomic mass is 35.5. The number of halogens is 2. The van der Waals surface area contributed by atoms with Crippen LogP contribution in [0.4, 0.5) is 5.69 Å². The molecular weight excluding hydrogens is 309 g/mol. The fourth-order valence-electron chi connectivity index (χ4n) is 2.51. The van der Waals surface area contributed by atoms with Crippen molar-refractivity contribution in [2.24, 2.45) is 0 Å². The molecule has 3 nitrogen and oxygen atoms in total. The van der Waals surface area contributed by atoms with Crippen molar-refractivity contribution in [3.63, 3.8) is 0 Å². The molecule has 0 saturated carbocycles. The van der Waals surface area contributed by atoms with E-state index in [1.807, 2.05) is 25.1 Å². The van der Waals surface area contributed by atoms with Gasteiger partial charge >= 0.3 is 0 Å². The fourth-order valence-corrected chi connectivity index (χ4v) is 2.95. The lowest BCUT2D eigenvalue weighted by Crippen LogP contribution is -2.29. The fraction of sp³-hybridized carbons (Fsp3) is 0.125. The van der Waals surface area contributed by atoms with Crippen LogP contribution in [-0.4, -0.2) is 11.7 Å². The highest BCUT2D eigenvalue weighted by Crippen LogP contribution is 2.38. The van der Waals surface area contributed by atoms with E-state index < -0.39 is 11.7 Å². The van der Waals surface area contributed by atoms with Crippen molar-refractivity contribution >= 4 is 40.6 Å². The molecule has 0 fully saturated rings. The summed E-state index contributed by atoms with van der Waals surface area (Å²) in [5.74, 6) is -1.13. The molecule has 0 radical (unpaired) electrons.